The minimum absolute atomic E-state index is 0.00366. The van der Waals surface area contributed by atoms with Crippen LogP contribution in [0.2, 0.25) is 5.02 Å². The van der Waals surface area contributed by atoms with Gasteiger partial charge in [0.25, 0.3) is 11.8 Å². The smallest absolute Gasteiger partial charge is 0.282 e. The van der Waals surface area contributed by atoms with Crippen molar-refractivity contribution in [3.05, 3.63) is 58.1 Å². The molecule has 1 fully saturated rings. The minimum atomic E-state index is -0.506. The predicted molar refractivity (Wildman–Crippen MR) is 107 cm³/mol. The van der Waals surface area contributed by atoms with E-state index in [9.17, 15) is 9.59 Å². The van der Waals surface area contributed by atoms with Gasteiger partial charge in [-0.2, -0.15) is 0 Å². The number of carbonyl (C=O) groups is 2. The van der Waals surface area contributed by atoms with Crippen LogP contribution in [-0.2, 0) is 9.59 Å². The average Bonchev–Trinajstić information content (AvgIpc) is 2.97. The molecule has 1 saturated heterocycles. The van der Waals surface area contributed by atoms with Crippen LogP contribution < -0.4 is 19.9 Å². The number of hydrazine groups is 1. The molecule has 1 heterocycles. The maximum absolute atomic E-state index is 12.7. The summed E-state index contributed by atoms with van der Waals surface area (Å²) in [6, 6.07) is 10.1. The molecule has 1 aliphatic heterocycles. The van der Waals surface area contributed by atoms with Crippen LogP contribution in [0.15, 0.2) is 42.0 Å². The number of anilines is 1. The van der Waals surface area contributed by atoms with E-state index in [0.717, 1.165) is 5.56 Å². The molecule has 0 bridgehead atoms. The molecule has 2 aromatic carbocycles. The SMILES string of the molecule is C#CCOc1ccc(/C=C2/C(=O)NN(c3ccc(C)c(Cl)c3)C2=O)cc1OC. The Kier molecular flexibility index (Phi) is 5.57. The number of terminal acetylenes is 1. The molecule has 3 rings (SSSR count). The Morgan fingerprint density at radius 3 is 2.68 bits per heavy atom. The van der Waals surface area contributed by atoms with Gasteiger partial charge in [0.1, 0.15) is 12.2 Å². The summed E-state index contributed by atoms with van der Waals surface area (Å²) in [7, 11) is 1.49. The Balaban J connectivity index is 1.90. The third kappa shape index (κ3) is 3.80. The van der Waals surface area contributed by atoms with Crippen molar-refractivity contribution in [2.24, 2.45) is 0 Å². The highest BCUT2D eigenvalue weighted by Crippen LogP contribution is 2.30. The zero-order valence-corrected chi connectivity index (χ0v) is 16.0. The van der Waals surface area contributed by atoms with E-state index < -0.39 is 11.8 Å². The van der Waals surface area contributed by atoms with Crippen LogP contribution in [0.4, 0.5) is 5.69 Å². The number of hydrogen-bond donors (Lipinski definition) is 1. The molecule has 2 aromatic rings. The summed E-state index contributed by atoms with van der Waals surface area (Å²) in [5, 5.41) is 1.67. The molecule has 0 saturated carbocycles. The number of benzene rings is 2. The van der Waals surface area contributed by atoms with Crippen LogP contribution in [0.1, 0.15) is 11.1 Å². The number of aryl methyl sites for hydroxylation is 1. The summed E-state index contributed by atoms with van der Waals surface area (Å²) in [5.41, 5.74) is 4.50. The summed E-state index contributed by atoms with van der Waals surface area (Å²) in [6.45, 7) is 1.96. The van der Waals surface area contributed by atoms with E-state index >= 15 is 0 Å². The lowest BCUT2D eigenvalue weighted by molar-refractivity contribution is -0.117. The molecule has 0 spiro atoms. The van der Waals surface area contributed by atoms with Crippen molar-refractivity contribution < 1.29 is 19.1 Å². The fourth-order valence-corrected chi connectivity index (χ4v) is 2.81. The van der Waals surface area contributed by atoms with Crippen molar-refractivity contribution in [1.29, 1.82) is 0 Å². The van der Waals surface area contributed by atoms with Gasteiger partial charge in [0.2, 0.25) is 0 Å². The number of nitrogens with one attached hydrogen (secondary N) is 1. The number of ether oxygens (including phenoxy) is 2. The fraction of sp³-hybridized carbons (Fsp3) is 0.143. The topological polar surface area (TPSA) is 67.9 Å². The Bertz CT molecular complexity index is 1020. The molecule has 0 aliphatic carbocycles. The highest BCUT2D eigenvalue weighted by atomic mass is 35.5. The summed E-state index contributed by atoms with van der Waals surface area (Å²) in [5.74, 6) is 2.31. The average molecular weight is 397 g/mol. The third-order valence-corrected chi connectivity index (χ3v) is 4.52. The lowest BCUT2D eigenvalue weighted by Gasteiger charge is -2.15. The Hall–Kier alpha value is -3.43. The molecule has 142 valence electrons. The quantitative estimate of drug-likeness (QED) is 0.479. The lowest BCUT2D eigenvalue weighted by Crippen LogP contribution is -2.35. The van der Waals surface area contributed by atoms with Crippen LogP contribution >= 0.6 is 11.6 Å². The number of carbonyl (C=O) groups excluding carboxylic acids is 2. The highest BCUT2D eigenvalue weighted by Gasteiger charge is 2.34. The van der Waals surface area contributed by atoms with Crippen LogP contribution in [0, 0.1) is 19.3 Å². The van der Waals surface area contributed by atoms with Gasteiger partial charge >= 0.3 is 0 Å². The largest absolute Gasteiger partial charge is 0.493 e. The number of nitrogens with zero attached hydrogens (tertiary/aromatic N) is 1. The van der Waals surface area contributed by atoms with Crippen molar-refractivity contribution in [3.8, 4) is 23.8 Å². The Labute approximate surface area is 167 Å². The maximum Gasteiger partial charge on any atom is 0.282 e. The minimum Gasteiger partial charge on any atom is -0.493 e. The van der Waals surface area contributed by atoms with E-state index in [1.54, 1.807) is 36.4 Å². The first-order valence-corrected chi connectivity index (χ1v) is 8.70. The fourth-order valence-electron chi connectivity index (χ4n) is 2.64. The standard InChI is InChI=1S/C21H17ClN2O4/c1-4-9-28-18-8-6-14(11-19(18)27-3)10-16-20(25)23-24(21(16)26)15-7-5-13(2)17(22)12-15/h1,5-8,10-12H,9H2,2-3H3,(H,23,25)/b16-10-. The zero-order chi connectivity index (χ0) is 20.3. The summed E-state index contributed by atoms with van der Waals surface area (Å²) >= 11 is 6.12. The number of halogens is 1. The van der Waals surface area contributed by atoms with E-state index in [1.807, 2.05) is 6.92 Å². The monoisotopic (exact) mass is 396 g/mol. The normalized spacial score (nSPS) is 14.8. The second-order valence-electron chi connectivity index (χ2n) is 5.98. The van der Waals surface area contributed by atoms with Crippen LogP contribution in [0.3, 0.4) is 0 Å². The van der Waals surface area contributed by atoms with Crippen molar-refractivity contribution in [1.82, 2.24) is 5.43 Å². The van der Waals surface area contributed by atoms with Crippen molar-refractivity contribution >= 4 is 35.2 Å². The second-order valence-corrected chi connectivity index (χ2v) is 6.38. The number of rotatable bonds is 5. The predicted octanol–water partition coefficient (Wildman–Crippen LogP) is 3.13. The second kappa shape index (κ2) is 8.07. The van der Waals surface area contributed by atoms with Gasteiger partial charge < -0.3 is 9.47 Å². The van der Waals surface area contributed by atoms with Crippen LogP contribution in [0.5, 0.6) is 11.5 Å². The molecule has 1 aliphatic rings. The molecule has 1 N–H and O–H groups in total. The van der Waals surface area contributed by atoms with Crippen molar-refractivity contribution in [2.45, 2.75) is 6.92 Å². The van der Waals surface area contributed by atoms with E-state index in [0.29, 0.717) is 27.8 Å². The zero-order valence-electron chi connectivity index (χ0n) is 15.3. The van der Waals surface area contributed by atoms with Crippen LogP contribution in [0.25, 0.3) is 6.08 Å². The van der Waals surface area contributed by atoms with Gasteiger partial charge in [0.05, 0.1) is 12.8 Å². The van der Waals surface area contributed by atoms with Gasteiger partial charge in [-0.05, 0) is 48.4 Å². The lowest BCUT2D eigenvalue weighted by atomic mass is 10.1. The number of methoxy groups -OCH3 is 1. The molecule has 0 radical (unpaired) electrons. The van der Waals surface area contributed by atoms with Crippen molar-refractivity contribution in [2.75, 3.05) is 18.7 Å². The molecular formula is C21H17ClN2O4. The molecule has 6 nitrogen and oxygen atoms in total. The molecule has 28 heavy (non-hydrogen) atoms. The molecule has 2 amide bonds. The first kappa shape index (κ1) is 19.3. The van der Waals surface area contributed by atoms with E-state index in [-0.39, 0.29) is 12.2 Å². The van der Waals surface area contributed by atoms with E-state index in [1.165, 1.54) is 18.2 Å². The summed E-state index contributed by atoms with van der Waals surface area (Å²) < 4.78 is 10.7. The molecule has 0 aromatic heterocycles. The molecule has 7 heteroatoms. The van der Waals surface area contributed by atoms with E-state index in [4.69, 9.17) is 27.5 Å². The van der Waals surface area contributed by atoms with Gasteiger partial charge in [0, 0.05) is 5.02 Å². The van der Waals surface area contributed by atoms with Gasteiger partial charge in [-0.1, -0.05) is 29.7 Å². The van der Waals surface area contributed by atoms with Gasteiger partial charge in [-0.3, -0.25) is 15.0 Å². The Morgan fingerprint density at radius 2 is 2.00 bits per heavy atom. The van der Waals surface area contributed by atoms with Gasteiger partial charge in [-0.25, -0.2) is 5.01 Å². The first-order chi connectivity index (χ1) is 13.4. The molecular weight excluding hydrogens is 380 g/mol. The first-order valence-electron chi connectivity index (χ1n) is 8.32. The summed E-state index contributed by atoms with van der Waals surface area (Å²) in [6.07, 6.45) is 6.68. The van der Waals surface area contributed by atoms with Crippen LogP contribution in [-0.4, -0.2) is 25.5 Å². The van der Waals surface area contributed by atoms with Gasteiger partial charge in [-0.15, -0.1) is 6.42 Å². The number of amides is 2. The van der Waals surface area contributed by atoms with Crippen molar-refractivity contribution in [3.63, 3.8) is 0 Å². The Morgan fingerprint density at radius 1 is 1.21 bits per heavy atom. The number of hydrogen-bond acceptors (Lipinski definition) is 4. The maximum atomic E-state index is 12.7. The van der Waals surface area contributed by atoms with Gasteiger partial charge in [0.15, 0.2) is 11.5 Å². The van der Waals surface area contributed by atoms with E-state index in [2.05, 4.69) is 11.3 Å². The highest BCUT2D eigenvalue weighted by molar-refractivity contribution is 6.33. The molecule has 0 unspecified atom stereocenters. The third-order valence-electron chi connectivity index (χ3n) is 4.11. The molecule has 0 atom stereocenters. The summed E-state index contributed by atoms with van der Waals surface area (Å²) in [4.78, 5) is 25.1.